The van der Waals surface area contributed by atoms with Crippen LogP contribution in [0.5, 0.6) is 11.5 Å². The number of carbonyl (C=O) groups excluding carboxylic acids is 3. The third kappa shape index (κ3) is 7.25. The minimum Gasteiger partial charge on any atom is -0.493 e. The van der Waals surface area contributed by atoms with E-state index >= 15 is 0 Å². The number of methoxy groups -OCH3 is 1. The van der Waals surface area contributed by atoms with Gasteiger partial charge in [-0.2, -0.15) is 0 Å². The molecule has 11 heteroatoms. The summed E-state index contributed by atoms with van der Waals surface area (Å²) in [5.74, 6) is -4.37. The van der Waals surface area contributed by atoms with E-state index < -0.39 is 47.5 Å². The van der Waals surface area contributed by atoms with Crippen LogP contribution in [0.1, 0.15) is 48.2 Å². The van der Waals surface area contributed by atoms with E-state index in [2.05, 4.69) is 5.32 Å². The topological polar surface area (TPSA) is 90.9 Å². The highest BCUT2D eigenvalue weighted by Crippen LogP contribution is 2.34. The number of ether oxygens (including phenoxy) is 3. The smallest absolute Gasteiger partial charge is 0.328 e. The summed E-state index contributed by atoms with van der Waals surface area (Å²) in [4.78, 5) is 37.5. The van der Waals surface area contributed by atoms with Crippen molar-refractivity contribution in [3.63, 3.8) is 0 Å². The zero-order valence-electron chi connectivity index (χ0n) is 21.4. The molecule has 1 N–H and O–H groups in total. The van der Waals surface area contributed by atoms with Crippen molar-refractivity contribution >= 4 is 41.0 Å². The van der Waals surface area contributed by atoms with Crippen molar-refractivity contribution in [1.29, 1.82) is 0 Å². The second-order valence-electron chi connectivity index (χ2n) is 8.59. The van der Waals surface area contributed by atoms with Crippen LogP contribution in [0, 0.1) is 11.6 Å². The number of rotatable bonds is 9. The van der Waals surface area contributed by atoms with Gasteiger partial charge in [0.1, 0.15) is 23.8 Å². The molecule has 0 aliphatic rings. The van der Waals surface area contributed by atoms with Crippen molar-refractivity contribution in [2.24, 2.45) is 0 Å². The number of para-hydroxylation sites is 1. The van der Waals surface area contributed by atoms with E-state index in [-0.39, 0.29) is 27.1 Å². The van der Waals surface area contributed by atoms with Gasteiger partial charge in [0.2, 0.25) is 0 Å². The van der Waals surface area contributed by atoms with Gasteiger partial charge in [-0.15, -0.1) is 0 Å². The Morgan fingerprint density at radius 1 is 0.897 bits per heavy atom. The standard InChI is InChI=1S/C28H25Cl2F2NO6/c1-14(33-27(35)19-6-5-7-24(37-4)26(19)39-16(3)34)28(36)38-15(2)25(17-8-10-20(29)22(31)12-17)18-9-11-21(30)23(32)13-18/h5-15,25H,1-4H3,(H,33,35)/t14-,15-/m0/s1. The van der Waals surface area contributed by atoms with Gasteiger partial charge in [0, 0.05) is 12.8 Å². The summed E-state index contributed by atoms with van der Waals surface area (Å²) in [6, 6.07) is 11.4. The molecule has 0 aliphatic heterocycles. The Morgan fingerprint density at radius 2 is 1.46 bits per heavy atom. The van der Waals surface area contributed by atoms with Gasteiger partial charge in [0.25, 0.3) is 5.91 Å². The molecule has 0 bridgehead atoms. The minimum atomic E-state index is -1.15. The molecule has 0 aliphatic carbocycles. The molecule has 2 atom stereocenters. The SMILES string of the molecule is COc1cccc(C(=O)N[C@@H](C)C(=O)O[C@@H](C)C(c2ccc(Cl)c(F)c2)c2ccc(Cl)c(F)c2)c1OC(C)=O. The summed E-state index contributed by atoms with van der Waals surface area (Å²) >= 11 is 11.7. The van der Waals surface area contributed by atoms with Gasteiger partial charge >= 0.3 is 11.9 Å². The van der Waals surface area contributed by atoms with Crippen LogP contribution in [0.4, 0.5) is 8.78 Å². The maximum atomic E-state index is 14.3. The second-order valence-corrected chi connectivity index (χ2v) is 9.41. The maximum absolute atomic E-state index is 14.3. The summed E-state index contributed by atoms with van der Waals surface area (Å²) < 4.78 is 44.5. The van der Waals surface area contributed by atoms with Gasteiger partial charge in [-0.3, -0.25) is 9.59 Å². The zero-order chi connectivity index (χ0) is 28.9. The first-order valence-electron chi connectivity index (χ1n) is 11.7. The molecule has 206 valence electrons. The van der Waals surface area contributed by atoms with Crippen LogP contribution in [-0.4, -0.2) is 37.1 Å². The van der Waals surface area contributed by atoms with E-state index in [0.29, 0.717) is 11.1 Å². The highest BCUT2D eigenvalue weighted by molar-refractivity contribution is 6.31. The number of hydrogen-bond donors (Lipinski definition) is 1. The third-order valence-electron chi connectivity index (χ3n) is 5.77. The fraction of sp³-hybridized carbons (Fsp3) is 0.250. The Kier molecular flexibility index (Phi) is 9.88. The van der Waals surface area contributed by atoms with Crippen molar-refractivity contribution in [2.45, 2.75) is 38.8 Å². The van der Waals surface area contributed by atoms with Gasteiger partial charge in [0.05, 0.1) is 22.7 Å². The Labute approximate surface area is 234 Å². The predicted molar refractivity (Wildman–Crippen MR) is 141 cm³/mol. The van der Waals surface area contributed by atoms with Crippen molar-refractivity contribution in [3.05, 3.63) is 93.0 Å². The summed E-state index contributed by atoms with van der Waals surface area (Å²) in [5.41, 5.74) is 0.708. The molecular weight excluding hydrogens is 555 g/mol. The fourth-order valence-electron chi connectivity index (χ4n) is 3.94. The van der Waals surface area contributed by atoms with Crippen LogP contribution in [-0.2, 0) is 14.3 Å². The summed E-state index contributed by atoms with van der Waals surface area (Å²) in [7, 11) is 1.35. The van der Waals surface area contributed by atoms with Gasteiger partial charge in [-0.05, 0) is 61.4 Å². The Balaban J connectivity index is 1.84. The summed E-state index contributed by atoms with van der Waals surface area (Å²) in [6.07, 6.45) is -0.938. The quantitative estimate of drug-likeness (QED) is 0.244. The normalized spacial score (nSPS) is 12.4. The molecular formula is C28H25Cl2F2NO6. The van der Waals surface area contributed by atoms with Gasteiger partial charge in [-0.25, -0.2) is 13.6 Å². The Bertz CT molecular complexity index is 1350. The lowest BCUT2D eigenvalue weighted by Gasteiger charge is -2.27. The van der Waals surface area contributed by atoms with Crippen LogP contribution in [0.3, 0.4) is 0 Å². The van der Waals surface area contributed by atoms with E-state index in [1.54, 1.807) is 6.92 Å². The molecule has 3 aromatic carbocycles. The van der Waals surface area contributed by atoms with Crippen LogP contribution < -0.4 is 14.8 Å². The Morgan fingerprint density at radius 3 is 1.95 bits per heavy atom. The first-order valence-corrected chi connectivity index (χ1v) is 12.4. The first-order chi connectivity index (χ1) is 18.4. The number of benzene rings is 3. The zero-order valence-corrected chi connectivity index (χ0v) is 22.9. The molecule has 7 nitrogen and oxygen atoms in total. The number of nitrogens with one attached hydrogen (secondary N) is 1. The monoisotopic (exact) mass is 579 g/mol. The molecule has 0 aromatic heterocycles. The van der Waals surface area contributed by atoms with Gasteiger partial charge < -0.3 is 19.5 Å². The van der Waals surface area contributed by atoms with E-state index in [0.717, 1.165) is 0 Å². The van der Waals surface area contributed by atoms with Crippen LogP contribution in [0.2, 0.25) is 10.0 Å². The Hall–Kier alpha value is -3.69. The first kappa shape index (κ1) is 29.9. The molecule has 0 radical (unpaired) electrons. The number of halogens is 4. The molecule has 3 rings (SSSR count). The molecule has 0 fully saturated rings. The van der Waals surface area contributed by atoms with Crippen LogP contribution >= 0.6 is 23.2 Å². The minimum absolute atomic E-state index is 0.0385. The summed E-state index contributed by atoms with van der Waals surface area (Å²) in [6.45, 7) is 4.12. The van der Waals surface area contributed by atoms with E-state index in [9.17, 15) is 23.2 Å². The molecule has 1 amide bonds. The molecule has 0 saturated heterocycles. The van der Waals surface area contributed by atoms with Crippen molar-refractivity contribution in [3.8, 4) is 11.5 Å². The molecule has 3 aromatic rings. The fourth-order valence-corrected chi connectivity index (χ4v) is 4.17. The average molecular weight is 580 g/mol. The lowest BCUT2D eigenvalue weighted by Crippen LogP contribution is -2.41. The van der Waals surface area contributed by atoms with Crippen LogP contribution in [0.25, 0.3) is 0 Å². The van der Waals surface area contributed by atoms with Crippen molar-refractivity contribution < 1.29 is 37.4 Å². The molecule has 39 heavy (non-hydrogen) atoms. The summed E-state index contributed by atoms with van der Waals surface area (Å²) in [5, 5.41) is 2.29. The second kappa shape index (κ2) is 12.9. The van der Waals surface area contributed by atoms with E-state index in [4.69, 9.17) is 37.4 Å². The number of carbonyl (C=O) groups is 3. The number of amides is 1. The molecule has 0 spiro atoms. The van der Waals surface area contributed by atoms with E-state index in [1.165, 1.54) is 75.6 Å². The number of esters is 2. The highest BCUT2D eigenvalue weighted by atomic mass is 35.5. The van der Waals surface area contributed by atoms with Gasteiger partial charge in [0.15, 0.2) is 11.5 Å². The molecule has 0 unspecified atom stereocenters. The third-order valence-corrected chi connectivity index (χ3v) is 6.38. The number of hydrogen-bond acceptors (Lipinski definition) is 6. The molecule has 0 saturated carbocycles. The van der Waals surface area contributed by atoms with Crippen molar-refractivity contribution in [1.82, 2.24) is 5.32 Å². The van der Waals surface area contributed by atoms with Gasteiger partial charge in [-0.1, -0.05) is 41.4 Å². The van der Waals surface area contributed by atoms with E-state index in [1.807, 2.05) is 0 Å². The van der Waals surface area contributed by atoms with Crippen LogP contribution in [0.15, 0.2) is 54.6 Å². The molecule has 0 heterocycles. The van der Waals surface area contributed by atoms with Crippen molar-refractivity contribution in [2.75, 3.05) is 7.11 Å². The predicted octanol–water partition coefficient (Wildman–Crippen LogP) is 6.09. The highest BCUT2D eigenvalue weighted by Gasteiger charge is 2.29. The lowest BCUT2D eigenvalue weighted by molar-refractivity contribution is -0.150. The maximum Gasteiger partial charge on any atom is 0.328 e. The lowest BCUT2D eigenvalue weighted by atomic mass is 9.87. The average Bonchev–Trinajstić information content (AvgIpc) is 2.88. The largest absolute Gasteiger partial charge is 0.493 e.